The molecule has 0 aliphatic carbocycles. The fourth-order valence-electron chi connectivity index (χ4n) is 2.77. The standard InChI is InChI=1S/C20H29FN4O2.HI/c1-14(2)10-22-20(23-11-19(26)24(4)5)25-12-15(3)27-18(13-25)16-6-8-17(21)9-7-16;/h6-9,15,18H,1,10-13H2,2-5H3,(H,22,23);1H. The number of hydrogen-bond donors (Lipinski definition) is 1. The van der Waals surface area contributed by atoms with Crippen LogP contribution in [0.2, 0.25) is 0 Å². The SMILES string of the molecule is C=C(C)CNC(=NCC(=O)N(C)C)N1CC(C)OC(c2ccc(F)cc2)C1.I. The number of hydrogen-bond acceptors (Lipinski definition) is 3. The summed E-state index contributed by atoms with van der Waals surface area (Å²) in [6.45, 7) is 9.68. The molecule has 1 aromatic carbocycles. The van der Waals surface area contributed by atoms with Crippen molar-refractivity contribution in [3.63, 3.8) is 0 Å². The second-order valence-electron chi connectivity index (χ2n) is 7.13. The number of morpholine rings is 1. The highest BCUT2D eigenvalue weighted by atomic mass is 127. The quantitative estimate of drug-likeness (QED) is 0.290. The van der Waals surface area contributed by atoms with E-state index in [4.69, 9.17) is 4.74 Å². The van der Waals surface area contributed by atoms with Gasteiger partial charge in [-0.3, -0.25) is 4.79 Å². The van der Waals surface area contributed by atoms with Crippen LogP contribution in [0.25, 0.3) is 0 Å². The molecule has 2 atom stereocenters. The maximum atomic E-state index is 13.2. The first-order valence-corrected chi connectivity index (χ1v) is 9.05. The predicted molar refractivity (Wildman–Crippen MR) is 120 cm³/mol. The summed E-state index contributed by atoms with van der Waals surface area (Å²) in [5.74, 6) is 0.309. The second kappa shape index (κ2) is 11.4. The van der Waals surface area contributed by atoms with E-state index in [1.165, 1.54) is 17.0 Å². The van der Waals surface area contributed by atoms with Crippen molar-refractivity contribution in [1.29, 1.82) is 0 Å². The second-order valence-corrected chi connectivity index (χ2v) is 7.13. The van der Waals surface area contributed by atoms with Crippen LogP contribution >= 0.6 is 24.0 Å². The molecular formula is C20H30FIN4O2. The molecule has 1 N–H and O–H groups in total. The predicted octanol–water partition coefficient (Wildman–Crippen LogP) is 2.82. The van der Waals surface area contributed by atoms with Crippen LogP contribution in [0.5, 0.6) is 0 Å². The summed E-state index contributed by atoms with van der Waals surface area (Å²) in [7, 11) is 3.42. The molecule has 6 nitrogen and oxygen atoms in total. The van der Waals surface area contributed by atoms with Gasteiger partial charge in [-0.05, 0) is 31.5 Å². The lowest BCUT2D eigenvalue weighted by atomic mass is 10.1. The molecule has 156 valence electrons. The number of nitrogens with zero attached hydrogens (tertiary/aromatic N) is 3. The van der Waals surface area contributed by atoms with E-state index in [0.29, 0.717) is 25.6 Å². The van der Waals surface area contributed by atoms with Gasteiger partial charge in [-0.1, -0.05) is 24.3 Å². The molecule has 1 heterocycles. The Bertz CT molecular complexity index is 694. The van der Waals surface area contributed by atoms with Gasteiger partial charge in [0.1, 0.15) is 18.5 Å². The molecule has 2 rings (SSSR count). The highest BCUT2D eigenvalue weighted by Crippen LogP contribution is 2.25. The van der Waals surface area contributed by atoms with E-state index in [0.717, 1.165) is 11.1 Å². The minimum Gasteiger partial charge on any atom is -0.367 e. The molecule has 0 aromatic heterocycles. The first kappa shape index (κ1) is 24.4. The molecule has 0 spiro atoms. The van der Waals surface area contributed by atoms with Crippen molar-refractivity contribution in [3.8, 4) is 0 Å². The van der Waals surface area contributed by atoms with Crippen molar-refractivity contribution in [2.24, 2.45) is 4.99 Å². The molecule has 2 unspecified atom stereocenters. The third-order valence-electron chi connectivity index (χ3n) is 4.21. The maximum Gasteiger partial charge on any atom is 0.243 e. The monoisotopic (exact) mass is 504 g/mol. The Morgan fingerprint density at radius 2 is 2.00 bits per heavy atom. The average Bonchev–Trinajstić information content (AvgIpc) is 2.61. The number of nitrogens with one attached hydrogen (secondary N) is 1. The molecule has 28 heavy (non-hydrogen) atoms. The number of benzene rings is 1. The summed E-state index contributed by atoms with van der Waals surface area (Å²) in [5.41, 5.74) is 1.88. The molecule has 1 aromatic rings. The topological polar surface area (TPSA) is 57.2 Å². The number of amides is 1. The summed E-state index contributed by atoms with van der Waals surface area (Å²) < 4.78 is 19.3. The van der Waals surface area contributed by atoms with Crippen LogP contribution in [0.15, 0.2) is 41.4 Å². The lowest BCUT2D eigenvalue weighted by Gasteiger charge is -2.39. The Kier molecular flexibility index (Phi) is 9.88. The van der Waals surface area contributed by atoms with Crippen LogP contribution in [0, 0.1) is 5.82 Å². The zero-order valence-corrected chi connectivity index (χ0v) is 19.3. The highest BCUT2D eigenvalue weighted by Gasteiger charge is 2.28. The summed E-state index contributed by atoms with van der Waals surface area (Å²) in [6.07, 6.45) is -0.231. The minimum absolute atomic E-state index is 0. The molecule has 0 bridgehead atoms. The van der Waals surface area contributed by atoms with Crippen LogP contribution in [0.4, 0.5) is 4.39 Å². The third-order valence-corrected chi connectivity index (χ3v) is 4.21. The van der Waals surface area contributed by atoms with Gasteiger partial charge in [0.2, 0.25) is 5.91 Å². The van der Waals surface area contributed by atoms with Gasteiger partial charge in [0.05, 0.1) is 12.6 Å². The first-order valence-electron chi connectivity index (χ1n) is 9.05. The third kappa shape index (κ3) is 7.38. The lowest BCUT2D eigenvalue weighted by Crippen LogP contribution is -2.51. The van der Waals surface area contributed by atoms with Gasteiger partial charge in [0, 0.05) is 27.2 Å². The smallest absolute Gasteiger partial charge is 0.243 e. The Morgan fingerprint density at radius 3 is 2.57 bits per heavy atom. The molecule has 1 aliphatic rings. The van der Waals surface area contributed by atoms with E-state index in [-0.39, 0.29) is 54.5 Å². The number of rotatable bonds is 5. The highest BCUT2D eigenvalue weighted by molar-refractivity contribution is 14.0. The summed E-state index contributed by atoms with van der Waals surface area (Å²) >= 11 is 0. The normalized spacial score (nSPS) is 19.6. The Balaban J connectivity index is 0.00000392. The fourth-order valence-corrected chi connectivity index (χ4v) is 2.77. The largest absolute Gasteiger partial charge is 0.367 e. The molecule has 0 radical (unpaired) electrons. The van der Waals surface area contributed by atoms with Crippen LogP contribution in [-0.2, 0) is 9.53 Å². The van der Waals surface area contributed by atoms with Gasteiger partial charge in [-0.2, -0.15) is 0 Å². The Labute approximate surface area is 183 Å². The zero-order valence-electron chi connectivity index (χ0n) is 16.9. The molecule has 1 fully saturated rings. The van der Waals surface area contributed by atoms with E-state index in [1.807, 2.05) is 13.8 Å². The van der Waals surface area contributed by atoms with Gasteiger partial charge in [0.25, 0.3) is 0 Å². The van der Waals surface area contributed by atoms with Gasteiger partial charge >= 0.3 is 0 Å². The first-order chi connectivity index (χ1) is 12.8. The minimum atomic E-state index is -0.271. The van der Waals surface area contributed by atoms with Crippen molar-refractivity contribution in [1.82, 2.24) is 15.1 Å². The molecule has 0 saturated carbocycles. The maximum absolute atomic E-state index is 13.2. The molecule has 1 aliphatic heterocycles. The van der Waals surface area contributed by atoms with Crippen LogP contribution in [-0.4, -0.2) is 68.0 Å². The fraction of sp³-hybridized carbons (Fsp3) is 0.500. The van der Waals surface area contributed by atoms with E-state index in [2.05, 4.69) is 21.8 Å². The Hall–Kier alpha value is -1.68. The van der Waals surface area contributed by atoms with Crippen LogP contribution in [0.1, 0.15) is 25.5 Å². The number of guanidine groups is 1. The van der Waals surface area contributed by atoms with Gasteiger partial charge < -0.3 is 19.9 Å². The molecule has 1 saturated heterocycles. The van der Waals surface area contributed by atoms with Crippen molar-refractivity contribution in [2.75, 3.05) is 40.3 Å². The van der Waals surface area contributed by atoms with Gasteiger partial charge in [-0.25, -0.2) is 9.38 Å². The number of likely N-dealkylation sites (N-methyl/N-ethyl adjacent to an activating group) is 1. The average molecular weight is 504 g/mol. The molecule has 1 amide bonds. The van der Waals surface area contributed by atoms with Crippen LogP contribution < -0.4 is 5.32 Å². The van der Waals surface area contributed by atoms with E-state index < -0.39 is 0 Å². The number of carbonyl (C=O) groups is 1. The number of ether oxygens (including phenoxy) is 1. The summed E-state index contributed by atoms with van der Waals surface area (Å²) in [5, 5.41) is 3.27. The van der Waals surface area contributed by atoms with Gasteiger partial charge in [0.15, 0.2) is 5.96 Å². The van der Waals surface area contributed by atoms with Crippen LogP contribution in [0.3, 0.4) is 0 Å². The number of halogens is 2. The van der Waals surface area contributed by atoms with E-state index in [9.17, 15) is 9.18 Å². The van der Waals surface area contributed by atoms with Crippen molar-refractivity contribution >= 4 is 35.8 Å². The number of aliphatic imine (C=N–C) groups is 1. The Morgan fingerprint density at radius 1 is 1.36 bits per heavy atom. The van der Waals surface area contributed by atoms with Crippen molar-refractivity contribution in [2.45, 2.75) is 26.1 Å². The van der Waals surface area contributed by atoms with E-state index in [1.54, 1.807) is 26.2 Å². The van der Waals surface area contributed by atoms with Gasteiger partial charge in [-0.15, -0.1) is 24.0 Å². The lowest BCUT2D eigenvalue weighted by molar-refractivity contribution is -0.127. The van der Waals surface area contributed by atoms with Crippen molar-refractivity contribution < 1.29 is 13.9 Å². The van der Waals surface area contributed by atoms with E-state index >= 15 is 0 Å². The van der Waals surface area contributed by atoms with Crippen molar-refractivity contribution in [3.05, 3.63) is 47.8 Å². The summed E-state index contributed by atoms with van der Waals surface area (Å²) in [4.78, 5) is 20.0. The molecule has 8 heteroatoms. The number of carbonyl (C=O) groups excluding carboxylic acids is 1. The summed E-state index contributed by atoms with van der Waals surface area (Å²) in [6, 6.07) is 6.35. The zero-order chi connectivity index (χ0) is 20.0. The molecular weight excluding hydrogens is 474 g/mol.